The van der Waals surface area contributed by atoms with Gasteiger partial charge in [-0.05, 0) is 73.0 Å². The minimum absolute atomic E-state index is 0.0151. The first-order chi connectivity index (χ1) is 18.8. The second-order valence-corrected chi connectivity index (χ2v) is 10.3. The van der Waals surface area contributed by atoms with Gasteiger partial charge in [-0.3, -0.25) is 14.7 Å². The molecule has 1 aromatic heterocycles. The Balaban J connectivity index is 1.08. The van der Waals surface area contributed by atoms with E-state index < -0.39 is 11.7 Å². The Bertz CT molecular complexity index is 1220. The molecule has 2 fully saturated rings. The van der Waals surface area contributed by atoms with Gasteiger partial charge in [-0.1, -0.05) is 6.07 Å². The lowest BCUT2D eigenvalue weighted by molar-refractivity contribution is -0.137. The molecule has 1 N–H and O–H groups in total. The van der Waals surface area contributed by atoms with E-state index in [2.05, 4.69) is 20.1 Å². The molecule has 5 rings (SSSR count). The quantitative estimate of drug-likeness (QED) is 0.428. The van der Waals surface area contributed by atoms with Crippen LogP contribution in [0.5, 0.6) is 5.75 Å². The van der Waals surface area contributed by atoms with Gasteiger partial charge in [0.1, 0.15) is 11.9 Å². The van der Waals surface area contributed by atoms with Crippen LogP contribution in [0.15, 0.2) is 73.1 Å². The summed E-state index contributed by atoms with van der Waals surface area (Å²) in [5.74, 6) is 0.563. The molecule has 0 unspecified atom stereocenters. The summed E-state index contributed by atoms with van der Waals surface area (Å²) >= 11 is 0. The molecule has 9 heteroatoms. The van der Waals surface area contributed by atoms with Gasteiger partial charge in [-0.15, -0.1) is 0 Å². The summed E-state index contributed by atoms with van der Waals surface area (Å²) in [6, 6.07) is 16.8. The average Bonchev–Trinajstić information content (AvgIpc) is 2.95. The number of aromatic nitrogens is 1. The third-order valence-corrected chi connectivity index (χ3v) is 7.48. The Labute approximate surface area is 226 Å². The SMILES string of the molecule is O=C(NC1CCN(Cc2ccncc2)CC1)c1cccc(OC2CCN(c3ccc(C(F)(F)F)cc3)CC2)c1. The van der Waals surface area contributed by atoms with E-state index in [0.29, 0.717) is 24.4 Å². The first-order valence-electron chi connectivity index (χ1n) is 13.4. The van der Waals surface area contributed by atoms with Crippen molar-refractivity contribution in [3.8, 4) is 5.75 Å². The van der Waals surface area contributed by atoms with Crippen molar-refractivity contribution in [3.05, 3.63) is 89.7 Å². The minimum Gasteiger partial charge on any atom is -0.490 e. The van der Waals surface area contributed by atoms with Gasteiger partial charge in [0.15, 0.2) is 0 Å². The van der Waals surface area contributed by atoms with Crippen LogP contribution in [0.2, 0.25) is 0 Å². The van der Waals surface area contributed by atoms with Crippen LogP contribution in [0, 0.1) is 0 Å². The Morgan fingerprint density at radius 1 is 0.923 bits per heavy atom. The predicted octanol–water partition coefficient (Wildman–Crippen LogP) is 5.54. The smallest absolute Gasteiger partial charge is 0.416 e. The van der Waals surface area contributed by atoms with E-state index in [9.17, 15) is 18.0 Å². The van der Waals surface area contributed by atoms with Gasteiger partial charge in [0.2, 0.25) is 0 Å². The summed E-state index contributed by atoms with van der Waals surface area (Å²) in [6.07, 6.45) is 2.58. The zero-order valence-corrected chi connectivity index (χ0v) is 21.7. The molecule has 0 spiro atoms. The van der Waals surface area contributed by atoms with Crippen molar-refractivity contribution in [2.24, 2.45) is 0 Å². The molecule has 0 atom stereocenters. The van der Waals surface area contributed by atoms with E-state index in [1.807, 2.05) is 36.7 Å². The van der Waals surface area contributed by atoms with Crippen molar-refractivity contribution in [1.82, 2.24) is 15.2 Å². The van der Waals surface area contributed by atoms with Gasteiger partial charge >= 0.3 is 6.18 Å². The highest BCUT2D eigenvalue weighted by Gasteiger charge is 2.30. The second kappa shape index (κ2) is 12.1. The van der Waals surface area contributed by atoms with Crippen LogP contribution in [0.4, 0.5) is 18.9 Å². The zero-order valence-electron chi connectivity index (χ0n) is 21.7. The highest BCUT2D eigenvalue weighted by Crippen LogP contribution is 2.31. The molecule has 0 aliphatic carbocycles. The predicted molar refractivity (Wildman–Crippen MR) is 144 cm³/mol. The number of hydrogen-bond donors (Lipinski definition) is 1. The fourth-order valence-electron chi connectivity index (χ4n) is 5.25. The Hall–Kier alpha value is -3.59. The number of piperidine rings is 2. The summed E-state index contributed by atoms with van der Waals surface area (Å²) in [5, 5.41) is 3.18. The third-order valence-electron chi connectivity index (χ3n) is 7.48. The molecule has 0 radical (unpaired) electrons. The summed E-state index contributed by atoms with van der Waals surface area (Å²) in [4.78, 5) is 21.5. The van der Waals surface area contributed by atoms with Crippen LogP contribution in [-0.4, -0.2) is 54.1 Å². The lowest BCUT2D eigenvalue weighted by Gasteiger charge is -2.34. The molecular formula is C30H33F3N4O2. The minimum atomic E-state index is -4.33. The summed E-state index contributed by atoms with van der Waals surface area (Å²) in [6.45, 7) is 4.14. The fraction of sp³-hybridized carbons (Fsp3) is 0.400. The first-order valence-corrected chi connectivity index (χ1v) is 13.4. The molecule has 206 valence electrons. The van der Waals surface area contributed by atoms with Crippen molar-refractivity contribution < 1.29 is 22.7 Å². The lowest BCUT2D eigenvalue weighted by atomic mass is 10.0. The number of benzene rings is 2. The summed E-state index contributed by atoms with van der Waals surface area (Å²) in [7, 11) is 0. The van der Waals surface area contributed by atoms with Crippen LogP contribution in [0.25, 0.3) is 0 Å². The maximum atomic E-state index is 13.0. The average molecular weight is 539 g/mol. The van der Waals surface area contributed by atoms with Gasteiger partial charge in [-0.2, -0.15) is 13.2 Å². The third kappa shape index (κ3) is 7.29. The van der Waals surface area contributed by atoms with Crippen molar-refractivity contribution in [2.75, 3.05) is 31.1 Å². The topological polar surface area (TPSA) is 57.7 Å². The van der Waals surface area contributed by atoms with Crippen molar-refractivity contribution in [3.63, 3.8) is 0 Å². The number of pyridine rings is 1. The largest absolute Gasteiger partial charge is 0.490 e. The van der Waals surface area contributed by atoms with E-state index in [1.54, 1.807) is 12.1 Å². The fourth-order valence-corrected chi connectivity index (χ4v) is 5.25. The number of carbonyl (C=O) groups excluding carboxylic acids is 1. The number of halogens is 3. The molecule has 2 saturated heterocycles. The molecule has 39 heavy (non-hydrogen) atoms. The van der Waals surface area contributed by atoms with Crippen LogP contribution in [0.1, 0.15) is 47.2 Å². The number of hydrogen-bond acceptors (Lipinski definition) is 5. The summed E-state index contributed by atoms with van der Waals surface area (Å²) in [5.41, 5.74) is 1.96. The maximum absolute atomic E-state index is 13.0. The number of likely N-dealkylation sites (tertiary alicyclic amines) is 1. The van der Waals surface area contributed by atoms with E-state index in [1.165, 1.54) is 17.7 Å². The Morgan fingerprint density at radius 2 is 1.62 bits per heavy atom. The van der Waals surface area contributed by atoms with Gasteiger partial charge in [0, 0.05) is 75.3 Å². The molecule has 0 bridgehead atoms. The highest BCUT2D eigenvalue weighted by atomic mass is 19.4. The second-order valence-electron chi connectivity index (χ2n) is 10.3. The van der Waals surface area contributed by atoms with Crippen LogP contribution < -0.4 is 15.0 Å². The zero-order chi connectivity index (χ0) is 27.2. The van der Waals surface area contributed by atoms with E-state index in [0.717, 1.165) is 63.1 Å². The number of amides is 1. The van der Waals surface area contributed by atoms with Crippen LogP contribution in [-0.2, 0) is 12.7 Å². The number of nitrogens with zero attached hydrogens (tertiary/aromatic N) is 3. The van der Waals surface area contributed by atoms with E-state index >= 15 is 0 Å². The number of carbonyl (C=O) groups is 1. The molecule has 0 saturated carbocycles. The highest BCUT2D eigenvalue weighted by molar-refractivity contribution is 5.94. The van der Waals surface area contributed by atoms with Crippen LogP contribution >= 0.6 is 0 Å². The van der Waals surface area contributed by atoms with Gasteiger partial charge in [-0.25, -0.2) is 0 Å². The van der Waals surface area contributed by atoms with Gasteiger partial charge < -0.3 is 15.0 Å². The van der Waals surface area contributed by atoms with E-state index in [-0.39, 0.29) is 18.1 Å². The first kappa shape index (κ1) is 27.0. The molecule has 1 amide bonds. The Kier molecular flexibility index (Phi) is 8.35. The normalized spacial score (nSPS) is 17.7. The van der Waals surface area contributed by atoms with Crippen molar-refractivity contribution in [2.45, 2.75) is 50.6 Å². The van der Waals surface area contributed by atoms with Crippen molar-refractivity contribution in [1.29, 1.82) is 0 Å². The Morgan fingerprint density at radius 3 is 2.28 bits per heavy atom. The molecule has 2 aromatic carbocycles. The monoisotopic (exact) mass is 538 g/mol. The molecule has 3 aromatic rings. The molecule has 6 nitrogen and oxygen atoms in total. The molecule has 3 heterocycles. The number of nitrogens with one attached hydrogen (secondary N) is 1. The van der Waals surface area contributed by atoms with Crippen molar-refractivity contribution >= 4 is 11.6 Å². The maximum Gasteiger partial charge on any atom is 0.416 e. The molecular weight excluding hydrogens is 505 g/mol. The number of rotatable bonds is 7. The molecule has 2 aliphatic rings. The summed E-state index contributed by atoms with van der Waals surface area (Å²) < 4.78 is 44.7. The van der Waals surface area contributed by atoms with Gasteiger partial charge in [0.25, 0.3) is 5.91 Å². The molecule has 2 aliphatic heterocycles. The van der Waals surface area contributed by atoms with Gasteiger partial charge in [0.05, 0.1) is 5.56 Å². The number of ether oxygens (including phenoxy) is 1. The van der Waals surface area contributed by atoms with E-state index in [4.69, 9.17) is 4.74 Å². The lowest BCUT2D eigenvalue weighted by Crippen LogP contribution is -2.44. The number of anilines is 1. The van der Waals surface area contributed by atoms with Crippen LogP contribution in [0.3, 0.4) is 0 Å². The standard InChI is InChI=1S/C30H33F3N4O2/c31-30(32,33)24-4-6-26(7-5-24)37-18-12-27(13-19-37)39-28-3-1-2-23(20-28)29(38)35-25-10-16-36(17-11-25)21-22-8-14-34-15-9-22/h1-9,14-15,20,25,27H,10-13,16-19,21H2,(H,35,38). The number of alkyl halides is 3.